The molecule has 2 aromatic carbocycles. The molecule has 0 fully saturated rings. The van der Waals surface area contributed by atoms with Gasteiger partial charge in [-0.2, -0.15) is 13.2 Å². The van der Waals surface area contributed by atoms with Gasteiger partial charge in [-0.3, -0.25) is 0 Å². The molecule has 2 aromatic rings. The third kappa shape index (κ3) is 5.23. The molecule has 142 valence electrons. The van der Waals surface area contributed by atoms with Crippen molar-refractivity contribution >= 4 is 5.69 Å². The molecule has 0 spiro atoms. The summed E-state index contributed by atoms with van der Waals surface area (Å²) in [5.41, 5.74) is 6.37. The van der Waals surface area contributed by atoms with E-state index in [9.17, 15) is 17.6 Å². The van der Waals surface area contributed by atoms with Crippen LogP contribution in [0.1, 0.15) is 49.4 Å². The first-order valence-electron chi connectivity index (χ1n) is 8.70. The third-order valence-electron chi connectivity index (χ3n) is 4.47. The molecule has 1 nitrogen and oxygen atoms in total. The SMILES string of the molecule is CC(C)(C)CCc1c(C(F)(F)F)ccc(CCc2ccccc2N)c1F. The molecule has 0 unspecified atom stereocenters. The minimum absolute atomic E-state index is 0.0610. The lowest BCUT2D eigenvalue weighted by Gasteiger charge is -2.21. The van der Waals surface area contributed by atoms with E-state index in [-0.39, 0.29) is 17.4 Å². The zero-order chi connectivity index (χ0) is 19.5. The second-order valence-corrected chi connectivity index (χ2v) is 7.82. The van der Waals surface area contributed by atoms with Gasteiger partial charge in [0.2, 0.25) is 0 Å². The van der Waals surface area contributed by atoms with Gasteiger partial charge in [0.25, 0.3) is 0 Å². The molecule has 0 radical (unpaired) electrons. The molecule has 0 bridgehead atoms. The molecular formula is C21H25F4N. The first-order chi connectivity index (χ1) is 12.0. The molecule has 0 aliphatic carbocycles. The van der Waals surface area contributed by atoms with Crippen LogP contribution < -0.4 is 5.73 Å². The van der Waals surface area contributed by atoms with E-state index >= 15 is 0 Å². The van der Waals surface area contributed by atoms with Crippen LogP contribution in [0.5, 0.6) is 0 Å². The molecule has 2 N–H and O–H groups in total. The highest BCUT2D eigenvalue weighted by Crippen LogP contribution is 2.36. The van der Waals surface area contributed by atoms with Gasteiger partial charge >= 0.3 is 6.18 Å². The quantitative estimate of drug-likeness (QED) is 0.495. The molecule has 0 amide bonds. The molecule has 0 aliphatic heterocycles. The minimum Gasteiger partial charge on any atom is -0.399 e. The zero-order valence-corrected chi connectivity index (χ0v) is 15.4. The molecule has 26 heavy (non-hydrogen) atoms. The average Bonchev–Trinajstić information content (AvgIpc) is 2.52. The average molecular weight is 367 g/mol. The van der Waals surface area contributed by atoms with Crippen molar-refractivity contribution in [2.75, 3.05) is 5.73 Å². The molecule has 0 saturated carbocycles. The Labute approximate surface area is 152 Å². The molecule has 0 saturated heterocycles. The highest BCUT2D eigenvalue weighted by molar-refractivity contribution is 5.47. The predicted molar refractivity (Wildman–Crippen MR) is 97.4 cm³/mol. The van der Waals surface area contributed by atoms with Gasteiger partial charge in [0.1, 0.15) is 5.82 Å². The molecule has 0 atom stereocenters. The summed E-state index contributed by atoms with van der Waals surface area (Å²) in [5, 5.41) is 0. The molecule has 5 heteroatoms. The monoisotopic (exact) mass is 367 g/mol. The van der Waals surface area contributed by atoms with Crippen LogP contribution in [0.4, 0.5) is 23.2 Å². The van der Waals surface area contributed by atoms with E-state index in [0.717, 1.165) is 11.6 Å². The molecule has 0 heterocycles. The van der Waals surface area contributed by atoms with Crippen LogP contribution in [0.15, 0.2) is 36.4 Å². The fraction of sp³-hybridized carbons (Fsp3) is 0.429. The van der Waals surface area contributed by atoms with Crippen LogP contribution in [0.25, 0.3) is 0 Å². The number of benzene rings is 2. The Kier molecular flexibility index (Phi) is 5.99. The van der Waals surface area contributed by atoms with Gasteiger partial charge in [0, 0.05) is 11.3 Å². The summed E-state index contributed by atoms with van der Waals surface area (Å²) in [7, 11) is 0. The number of para-hydroxylation sites is 1. The summed E-state index contributed by atoms with van der Waals surface area (Å²) in [6, 6.07) is 9.50. The lowest BCUT2D eigenvalue weighted by atomic mass is 9.86. The van der Waals surface area contributed by atoms with Crippen LogP contribution >= 0.6 is 0 Å². The maximum absolute atomic E-state index is 14.9. The van der Waals surface area contributed by atoms with Gasteiger partial charge in [0.15, 0.2) is 0 Å². The van der Waals surface area contributed by atoms with E-state index in [0.29, 0.717) is 30.5 Å². The Hall–Kier alpha value is -2.04. The fourth-order valence-electron chi connectivity index (χ4n) is 2.90. The largest absolute Gasteiger partial charge is 0.416 e. The van der Waals surface area contributed by atoms with Crippen LogP contribution in [0.3, 0.4) is 0 Å². The van der Waals surface area contributed by atoms with Crippen molar-refractivity contribution < 1.29 is 17.6 Å². The van der Waals surface area contributed by atoms with E-state index < -0.39 is 17.6 Å². The normalized spacial score (nSPS) is 12.4. The number of halogens is 4. The van der Waals surface area contributed by atoms with Crippen molar-refractivity contribution in [1.29, 1.82) is 0 Å². The molecular weight excluding hydrogens is 342 g/mol. The van der Waals surface area contributed by atoms with Crippen LogP contribution in [-0.4, -0.2) is 0 Å². The molecule has 2 rings (SSSR count). The number of nitrogens with two attached hydrogens (primary N) is 1. The lowest BCUT2D eigenvalue weighted by molar-refractivity contribution is -0.138. The maximum atomic E-state index is 14.9. The lowest BCUT2D eigenvalue weighted by Crippen LogP contribution is -2.15. The Morgan fingerprint density at radius 2 is 1.46 bits per heavy atom. The first kappa shape index (κ1) is 20.3. The number of rotatable bonds is 5. The summed E-state index contributed by atoms with van der Waals surface area (Å²) in [5.74, 6) is -0.737. The summed E-state index contributed by atoms with van der Waals surface area (Å²) >= 11 is 0. The number of hydrogen-bond donors (Lipinski definition) is 1. The van der Waals surface area contributed by atoms with Gasteiger partial charge in [-0.1, -0.05) is 45.0 Å². The summed E-state index contributed by atoms with van der Waals surface area (Å²) in [6.07, 6.45) is -3.24. The second-order valence-electron chi connectivity index (χ2n) is 7.82. The van der Waals surface area contributed by atoms with E-state index in [1.807, 2.05) is 39.0 Å². The summed E-state index contributed by atoms with van der Waals surface area (Å²) < 4.78 is 54.8. The van der Waals surface area contributed by atoms with Crippen molar-refractivity contribution in [3.63, 3.8) is 0 Å². The fourth-order valence-corrected chi connectivity index (χ4v) is 2.90. The van der Waals surface area contributed by atoms with Gasteiger partial charge < -0.3 is 5.73 Å². The third-order valence-corrected chi connectivity index (χ3v) is 4.47. The van der Waals surface area contributed by atoms with Crippen molar-refractivity contribution in [2.45, 2.75) is 52.6 Å². The Bertz CT molecular complexity index is 758. The van der Waals surface area contributed by atoms with Gasteiger partial charge in [-0.15, -0.1) is 0 Å². The summed E-state index contributed by atoms with van der Waals surface area (Å²) in [4.78, 5) is 0. The first-order valence-corrected chi connectivity index (χ1v) is 8.70. The molecule has 0 aromatic heterocycles. The number of anilines is 1. The number of aryl methyl sites for hydroxylation is 2. The van der Waals surface area contributed by atoms with Crippen molar-refractivity contribution in [1.82, 2.24) is 0 Å². The zero-order valence-electron chi connectivity index (χ0n) is 15.4. The predicted octanol–water partition coefficient (Wildman–Crippen LogP) is 6.19. The Morgan fingerprint density at radius 1 is 0.846 bits per heavy atom. The smallest absolute Gasteiger partial charge is 0.399 e. The van der Waals surface area contributed by atoms with Crippen LogP contribution in [0.2, 0.25) is 0 Å². The number of alkyl halides is 3. The topological polar surface area (TPSA) is 26.0 Å². The summed E-state index contributed by atoms with van der Waals surface area (Å²) in [6.45, 7) is 5.79. The minimum atomic E-state index is -4.56. The standard InChI is InChI=1S/C21H25F4N/c1-20(2,3)13-12-16-17(21(23,24)25)11-10-15(19(16)22)9-8-14-6-4-5-7-18(14)26/h4-7,10-11H,8-9,12-13,26H2,1-3H3. The number of nitrogen functional groups attached to an aromatic ring is 1. The second kappa shape index (κ2) is 7.68. The van der Waals surface area contributed by atoms with E-state index in [1.165, 1.54) is 6.07 Å². The van der Waals surface area contributed by atoms with Crippen molar-refractivity contribution in [3.05, 3.63) is 64.5 Å². The highest BCUT2D eigenvalue weighted by atomic mass is 19.4. The van der Waals surface area contributed by atoms with E-state index in [4.69, 9.17) is 5.73 Å². The van der Waals surface area contributed by atoms with Crippen molar-refractivity contribution in [3.8, 4) is 0 Å². The van der Waals surface area contributed by atoms with Crippen LogP contribution in [0, 0.1) is 11.2 Å². The Balaban J connectivity index is 2.32. The van der Waals surface area contributed by atoms with Gasteiger partial charge in [-0.25, -0.2) is 4.39 Å². The van der Waals surface area contributed by atoms with Crippen molar-refractivity contribution in [2.24, 2.45) is 5.41 Å². The number of hydrogen-bond acceptors (Lipinski definition) is 1. The van der Waals surface area contributed by atoms with Crippen LogP contribution in [-0.2, 0) is 25.4 Å². The van der Waals surface area contributed by atoms with E-state index in [2.05, 4.69) is 0 Å². The van der Waals surface area contributed by atoms with Gasteiger partial charge in [-0.05, 0) is 54.4 Å². The molecule has 0 aliphatic rings. The Morgan fingerprint density at radius 3 is 2.04 bits per heavy atom. The highest BCUT2D eigenvalue weighted by Gasteiger charge is 2.35. The van der Waals surface area contributed by atoms with E-state index in [1.54, 1.807) is 6.07 Å². The van der Waals surface area contributed by atoms with Gasteiger partial charge in [0.05, 0.1) is 5.56 Å². The maximum Gasteiger partial charge on any atom is 0.416 e.